The zero-order valence-corrected chi connectivity index (χ0v) is 30.5. The molecule has 10 rings (SSSR count). The summed E-state index contributed by atoms with van der Waals surface area (Å²) in [5, 5.41) is 16.1. The summed E-state index contributed by atoms with van der Waals surface area (Å²) < 4.78 is 0. The number of rotatable bonds is 5. The number of fused-ring (bicyclic) bond motifs is 8. The van der Waals surface area contributed by atoms with Gasteiger partial charge in [0, 0.05) is 0 Å². The Bertz CT molecular complexity index is 2310. The Hall–Kier alpha value is -4.83. The molecule has 0 amide bonds. The fourth-order valence-electron chi connectivity index (χ4n) is 8.08. The van der Waals surface area contributed by atoms with Crippen molar-refractivity contribution >= 4 is 51.5 Å². The van der Waals surface area contributed by atoms with Crippen LogP contribution in [0.1, 0.15) is 34.3 Å². The summed E-state index contributed by atoms with van der Waals surface area (Å²) in [5.41, 5.74) is 14.3. The molecule has 0 saturated carbocycles. The van der Waals surface area contributed by atoms with E-state index in [-0.39, 0.29) is 12.1 Å². The molecule has 0 heterocycles. The maximum absolute atomic E-state index is 5.68. The Kier molecular flexibility index (Phi) is 8.63. The molecule has 0 saturated heterocycles. The van der Waals surface area contributed by atoms with Crippen molar-refractivity contribution in [2.75, 3.05) is 0 Å². The van der Waals surface area contributed by atoms with Crippen LogP contribution >= 0.6 is 18.6 Å². The zero-order chi connectivity index (χ0) is 34.3. The summed E-state index contributed by atoms with van der Waals surface area (Å²) in [5.74, 6) is 0. The maximum Gasteiger partial charge on any atom is -0.0118 e. The minimum absolute atomic E-state index is 0.0961. The molecule has 8 aromatic rings. The third-order valence-corrected chi connectivity index (χ3v) is 10.2. The molecule has 0 spiro atoms. The molecule has 2 aliphatic rings. The summed E-state index contributed by atoms with van der Waals surface area (Å²) in [7, 11) is 9.78. The molecule has 2 aliphatic carbocycles. The molecular weight excluding hydrogens is 699 g/mol. The molecule has 0 aromatic heterocycles. The zero-order valence-electron chi connectivity index (χ0n) is 27.5. The van der Waals surface area contributed by atoms with Gasteiger partial charge in [0.15, 0.2) is 0 Å². The number of benzene rings is 8. The van der Waals surface area contributed by atoms with Crippen molar-refractivity contribution in [1.82, 2.24) is 0 Å². The summed E-state index contributed by atoms with van der Waals surface area (Å²) in [6.07, 6.45) is 0. The number of hydrogen-bond donors (Lipinski definition) is 0. The van der Waals surface area contributed by atoms with Gasteiger partial charge >= 0.3 is 35.6 Å². The van der Waals surface area contributed by atoms with Gasteiger partial charge in [-0.25, -0.2) is 0 Å². The largest absolute Gasteiger partial charge is 0.674 e. The van der Waals surface area contributed by atoms with Crippen molar-refractivity contribution in [3.63, 3.8) is 0 Å². The van der Waals surface area contributed by atoms with Gasteiger partial charge in [-0.15, -0.1) is 11.4 Å². The van der Waals surface area contributed by atoms with Crippen LogP contribution in [0.25, 0.3) is 65.6 Å². The van der Waals surface area contributed by atoms with Crippen LogP contribution in [-0.2, 0) is 17.0 Å². The third kappa shape index (κ3) is 5.55. The first-order valence-corrected chi connectivity index (χ1v) is 21.3. The van der Waals surface area contributed by atoms with Gasteiger partial charge in [0.1, 0.15) is 0 Å². The van der Waals surface area contributed by atoms with Crippen molar-refractivity contribution in [2.24, 2.45) is 0 Å². The van der Waals surface area contributed by atoms with E-state index >= 15 is 0 Å². The maximum atomic E-state index is 5.68. The minimum Gasteiger partial charge on any atom is -0.674 e. The average Bonchev–Trinajstić information content (AvgIpc) is 3.67. The molecule has 0 radical (unpaired) electrons. The van der Waals surface area contributed by atoms with Crippen LogP contribution in [0.5, 0.6) is 0 Å². The fraction of sp³-hybridized carbons (Fsp3) is 0.0435. The minimum atomic E-state index is -0.556. The second-order valence-corrected chi connectivity index (χ2v) is 15.4. The van der Waals surface area contributed by atoms with E-state index in [2.05, 4.69) is 170 Å². The molecular formula is C46H30Cl2N2Ti-2. The average molecular weight is 730 g/mol. The van der Waals surface area contributed by atoms with Crippen molar-refractivity contribution in [3.8, 4) is 33.4 Å². The normalized spacial score (nSPS) is 12.7. The molecule has 0 bridgehead atoms. The number of nitrogens with zero attached hydrogens (tertiary/aromatic N) is 2. The van der Waals surface area contributed by atoms with E-state index < -0.39 is 17.0 Å². The second kappa shape index (κ2) is 13.7. The molecule has 8 aromatic carbocycles. The monoisotopic (exact) mass is 728 g/mol. The van der Waals surface area contributed by atoms with Gasteiger partial charge in [0.05, 0.1) is 0 Å². The molecule has 0 N–H and O–H groups in total. The molecule has 5 heteroatoms. The van der Waals surface area contributed by atoms with Gasteiger partial charge in [0.2, 0.25) is 0 Å². The van der Waals surface area contributed by atoms with E-state index in [9.17, 15) is 0 Å². The molecule has 51 heavy (non-hydrogen) atoms. The predicted octanol–water partition coefficient (Wildman–Crippen LogP) is 14.6. The van der Waals surface area contributed by atoms with Crippen molar-refractivity contribution in [2.45, 2.75) is 12.1 Å². The van der Waals surface area contributed by atoms with Crippen LogP contribution in [-0.4, -0.2) is 0 Å². The van der Waals surface area contributed by atoms with Crippen LogP contribution in [0.3, 0.4) is 0 Å². The molecule has 2 nitrogen and oxygen atoms in total. The van der Waals surface area contributed by atoms with E-state index in [1.807, 2.05) is 0 Å². The van der Waals surface area contributed by atoms with Crippen molar-refractivity contribution in [3.05, 3.63) is 203 Å². The smallest absolute Gasteiger partial charge is 0.0118 e. The van der Waals surface area contributed by atoms with Crippen molar-refractivity contribution in [1.29, 1.82) is 0 Å². The first kappa shape index (κ1) is 32.1. The standard InChI is InChI=1S/C46H30N2.2ClH.Ti/c1-3-15-31-29(13-1)25-27-41(47-45-37-21-9-5-17-33(37)34-18-6-10-22-38(34)45)43(31)44-32-16-4-2-14-30(32)26-28-42(44)48-46-39-23-11-7-19-35(39)36-20-8-12-24-40(36)46;;;/h1-28,45-46H;2*1H;/q-2;;;+2/p-2. The second-order valence-electron chi connectivity index (χ2n) is 12.8. The summed E-state index contributed by atoms with van der Waals surface area (Å²) in [4.78, 5) is 0. The van der Waals surface area contributed by atoms with Crippen LogP contribution in [0.4, 0.5) is 11.4 Å². The van der Waals surface area contributed by atoms with Crippen LogP contribution in [0.2, 0.25) is 0 Å². The van der Waals surface area contributed by atoms with E-state index in [0.717, 1.165) is 22.5 Å². The van der Waals surface area contributed by atoms with E-state index in [0.29, 0.717) is 0 Å². The van der Waals surface area contributed by atoms with E-state index in [1.54, 1.807) is 0 Å². The van der Waals surface area contributed by atoms with Gasteiger partial charge in [-0.1, -0.05) is 204 Å². The quantitative estimate of drug-likeness (QED) is 0.158. The Morgan fingerprint density at radius 3 is 1.00 bits per heavy atom. The third-order valence-electron chi connectivity index (χ3n) is 10.2. The summed E-state index contributed by atoms with van der Waals surface area (Å²) in [6.45, 7) is 0. The predicted molar refractivity (Wildman–Crippen MR) is 212 cm³/mol. The van der Waals surface area contributed by atoms with Crippen LogP contribution in [0.15, 0.2) is 170 Å². The van der Waals surface area contributed by atoms with Gasteiger partial charge in [-0.05, 0) is 54.9 Å². The first-order valence-electron chi connectivity index (χ1n) is 17.0. The van der Waals surface area contributed by atoms with E-state index in [4.69, 9.17) is 29.2 Å². The van der Waals surface area contributed by atoms with E-state index in [1.165, 1.54) is 66.1 Å². The Morgan fingerprint density at radius 1 is 0.353 bits per heavy atom. The number of hydrogen-bond acceptors (Lipinski definition) is 0. The molecule has 0 unspecified atom stereocenters. The van der Waals surface area contributed by atoms with Crippen molar-refractivity contribution < 1.29 is 17.0 Å². The van der Waals surface area contributed by atoms with Gasteiger partial charge in [-0.3, -0.25) is 0 Å². The molecule has 0 fully saturated rings. The Labute approximate surface area is 314 Å². The molecule has 0 aliphatic heterocycles. The topological polar surface area (TPSA) is 28.2 Å². The van der Waals surface area contributed by atoms with Gasteiger partial charge in [-0.2, -0.15) is 0 Å². The summed E-state index contributed by atoms with van der Waals surface area (Å²) in [6, 6.07) is 61.0. The summed E-state index contributed by atoms with van der Waals surface area (Å²) >= 11 is -0.556. The Morgan fingerprint density at radius 2 is 0.647 bits per heavy atom. The van der Waals surface area contributed by atoms with Crippen LogP contribution in [0, 0.1) is 0 Å². The van der Waals surface area contributed by atoms with Gasteiger partial charge < -0.3 is 10.6 Å². The SMILES string of the molecule is [Cl][Ti][Cl].c1ccc2c(c1)-c1ccccc1C2[N-]c1ccc2ccccc2c1-c1c([N-]C2c3ccccc3-c3ccccc32)ccc2ccccc12. The number of halogens is 2. The molecule has 0 atom stereocenters. The van der Waals surface area contributed by atoms with Gasteiger partial charge in [0.25, 0.3) is 0 Å². The Balaban J connectivity index is 0.00000112. The van der Waals surface area contributed by atoms with Crippen LogP contribution < -0.4 is 0 Å². The first-order chi connectivity index (χ1) is 25.2. The fourth-order valence-corrected chi connectivity index (χ4v) is 8.08. The molecule has 244 valence electrons.